The summed E-state index contributed by atoms with van der Waals surface area (Å²) in [6, 6.07) is 5.93. The third-order valence-corrected chi connectivity index (χ3v) is 5.31. The van der Waals surface area contributed by atoms with Crippen LogP contribution in [0.2, 0.25) is 0 Å². The van der Waals surface area contributed by atoms with E-state index < -0.39 is 0 Å². The monoisotopic (exact) mass is 343 g/mol. The zero-order valence-corrected chi connectivity index (χ0v) is 15.2. The SMILES string of the molecule is Cc1c(NCC(=O)N2CCCCCCC2)cccc1N1CCCC1=O. The van der Waals surface area contributed by atoms with Crippen molar-refractivity contribution in [2.45, 2.75) is 51.9 Å². The van der Waals surface area contributed by atoms with Gasteiger partial charge in [0.25, 0.3) is 0 Å². The highest BCUT2D eigenvalue weighted by molar-refractivity contribution is 5.97. The first-order valence-electron chi connectivity index (χ1n) is 9.58. The van der Waals surface area contributed by atoms with E-state index in [0.717, 1.165) is 55.8 Å². The summed E-state index contributed by atoms with van der Waals surface area (Å²) in [6.07, 6.45) is 7.51. The first kappa shape index (κ1) is 17.8. The molecule has 3 rings (SSSR count). The Labute approximate surface area is 150 Å². The Morgan fingerprint density at radius 1 is 1.04 bits per heavy atom. The number of benzene rings is 1. The molecule has 5 heteroatoms. The molecule has 0 unspecified atom stereocenters. The normalized spacial score (nSPS) is 18.8. The van der Waals surface area contributed by atoms with E-state index in [1.165, 1.54) is 19.3 Å². The van der Waals surface area contributed by atoms with Gasteiger partial charge in [0.2, 0.25) is 11.8 Å². The van der Waals surface area contributed by atoms with Gasteiger partial charge in [-0.3, -0.25) is 9.59 Å². The lowest BCUT2D eigenvalue weighted by Crippen LogP contribution is -2.37. The number of anilines is 2. The van der Waals surface area contributed by atoms with Gasteiger partial charge in [-0.25, -0.2) is 0 Å². The average Bonchev–Trinajstić information content (AvgIpc) is 2.99. The van der Waals surface area contributed by atoms with Crippen LogP contribution in [-0.2, 0) is 9.59 Å². The summed E-state index contributed by atoms with van der Waals surface area (Å²) in [4.78, 5) is 28.4. The van der Waals surface area contributed by atoms with Gasteiger partial charge >= 0.3 is 0 Å². The summed E-state index contributed by atoms with van der Waals surface area (Å²) < 4.78 is 0. The van der Waals surface area contributed by atoms with Crippen molar-refractivity contribution in [2.75, 3.05) is 36.4 Å². The summed E-state index contributed by atoms with van der Waals surface area (Å²) in [6.45, 7) is 4.88. The second kappa shape index (κ2) is 8.37. The molecule has 2 aliphatic heterocycles. The van der Waals surface area contributed by atoms with E-state index in [0.29, 0.717) is 13.0 Å². The average molecular weight is 343 g/mol. The number of amides is 2. The topological polar surface area (TPSA) is 52.7 Å². The number of rotatable bonds is 4. The highest BCUT2D eigenvalue weighted by Crippen LogP contribution is 2.29. The van der Waals surface area contributed by atoms with Gasteiger partial charge in [-0.05, 0) is 43.9 Å². The third-order valence-electron chi connectivity index (χ3n) is 5.31. The number of hydrogen-bond donors (Lipinski definition) is 1. The summed E-state index contributed by atoms with van der Waals surface area (Å²) in [7, 11) is 0. The molecule has 0 aliphatic carbocycles. The predicted molar refractivity (Wildman–Crippen MR) is 101 cm³/mol. The summed E-state index contributed by atoms with van der Waals surface area (Å²) in [5.41, 5.74) is 2.95. The van der Waals surface area contributed by atoms with Crippen molar-refractivity contribution in [3.63, 3.8) is 0 Å². The fraction of sp³-hybridized carbons (Fsp3) is 0.600. The molecule has 2 fully saturated rings. The first-order valence-corrected chi connectivity index (χ1v) is 9.58. The van der Waals surface area contributed by atoms with Crippen LogP contribution < -0.4 is 10.2 Å². The molecule has 2 heterocycles. The van der Waals surface area contributed by atoms with Crippen molar-refractivity contribution in [3.8, 4) is 0 Å². The molecule has 0 saturated carbocycles. The summed E-state index contributed by atoms with van der Waals surface area (Å²) in [5.74, 6) is 0.362. The van der Waals surface area contributed by atoms with Crippen LogP contribution in [-0.4, -0.2) is 42.9 Å². The maximum absolute atomic E-state index is 12.5. The molecule has 5 nitrogen and oxygen atoms in total. The minimum atomic E-state index is 0.170. The number of nitrogens with one attached hydrogen (secondary N) is 1. The second-order valence-corrected chi connectivity index (χ2v) is 7.10. The molecular formula is C20H29N3O2. The highest BCUT2D eigenvalue weighted by Gasteiger charge is 2.23. The lowest BCUT2D eigenvalue weighted by molar-refractivity contribution is -0.129. The van der Waals surface area contributed by atoms with Crippen LogP contribution in [0.3, 0.4) is 0 Å². The van der Waals surface area contributed by atoms with E-state index in [2.05, 4.69) is 5.32 Å². The first-order chi connectivity index (χ1) is 12.2. The second-order valence-electron chi connectivity index (χ2n) is 7.10. The van der Waals surface area contributed by atoms with Crippen LogP contribution in [0, 0.1) is 6.92 Å². The van der Waals surface area contributed by atoms with Crippen LogP contribution >= 0.6 is 0 Å². The van der Waals surface area contributed by atoms with E-state index in [1.54, 1.807) is 0 Å². The van der Waals surface area contributed by atoms with Gasteiger partial charge in [0.1, 0.15) is 0 Å². The van der Waals surface area contributed by atoms with Gasteiger partial charge < -0.3 is 15.1 Å². The highest BCUT2D eigenvalue weighted by atomic mass is 16.2. The Balaban J connectivity index is 1.62. The van der Waals surface area contributed by atoms with Crippen molar-refractivity contribution in [2.24, 2.45) is 0 Å². The van der Waals surface area contributed by atoms with Crippen molar-refractivity contribution < 1.29 is 9.59 Å². The van der Waals surface area contributed by atoms with Gasteiger partial charge in [-0.15, -0.1) is 0 Å². The molecule has 1 N–H and O–H groups in total. The van der Waals surface area contributed by atoms with E-state index in [-0.39, 0.29) is 11.8 Å². The van der Waals surface area contributed by atoms with Gasteiger partial charge in [0.05, 0.1) is 6.54 Å². The molecule has 0 atom stereocenters. The van der Waals surface area contributed by atoms with Crippen molar-refractivity contribution >= 4 is 23.2 Å². The minimum Gasteiger partial charge on any atom is -0.376 e. The quantitative estimate of drug-likeness (QED) is 0.912. The fourth-order valence-electron chi connectivity index (χ4n) is 3.79. The van der Waals surface area contributed by atoms with Crippen LogP contribution in [0.25, 0.3) is 0 Å². The van der Waals surface area contributed by atoms with Gasteiger partial charge in [0.15, 0.2) is 0 Å². The molecule has 2 aliphatic rings. The molecule has 136 valence electrons. The smallest absolute Gasteiger partial charge is 0.241 e. The van der Waals surface area contributed by atoms with Crippen molar-refractivity contribution in [3.05, 3.63) is 23.8 Å². The van der Waals surface area contributed by atoms with Crippen LogP contribution in [0.1, 0.15) is 50.5 Å². The number of carbonyl (C=O) groups is 2. The fourth-order valence-corrected chi connectivity index (χ4v) is 3.79. The number of carbonyl (C=O) groups excluding carboxylic acids is 2. The molecule has 1 aromatic carbocycles. The van der Waals surface area contributed by atoms with E-state index in [4.69, 9.17) is 0 Å². The zero-order valence-electron chi connectivity index (χ0n) is 15.2. The van der Waals surface area contributed by atoms with Crippen LogP contribution in [0.5, 0.6) is 0 Å². The maximum atomic E-state index is 12.5. The summed E-state index contributed by atoms with van der Waals surface area (Å²) >= 11 is 0. The third kappa shape index (κ3) is 4.33. The Hall–Kier alpha value is -2.04. The number of likely N-dealkylation sites (tertiary alicyclic amines) is 1. The number of hydrogen-bond acceptors (Lipinski definition) is 3. The molecule has 0 bridgehead atoms. The Morgan fingerprint density at radius 2 is 1.76 bits per heavy atom. The van der Waals surface area contributed by atoms with Gasteiger partial charge in [0, 0.05) is 37.4 Å². The Morgan fingerprint density at radius 3 is 2.44 bits per heavy atom. The Kier molecular flexibility index (Phi) is 5.95. The number of nitrogens with zero attached hydrogens (tertiary/aromatic N) is 2. The molecule has 25 heavy (non-hydrogen) atoms. The molecule has 0 radical (unpaired) electrons. The van der Waals surface area contributed by atoms with Crippen molar-refractivity contribution in [1.82, 2.24) is 4.90 Å². The molecule has 2 amide bonds. The lowest BCUT2D eigenvalue weighted by atomic mass is 10.1. The standard InChI is InChI=1S/C20H29N3O2/c1-16-17(9-7-10-18(16)23-14-8-11-19(23)24)21-15-20(25)22-12-5-3-2-4-6-13-22/h7,9-10,21H,2-6,8,11-15H2,1H3. The van der Waals surface area contributed by atoms with Gasteiger partial charge in [-0.2, -0.15) is 0 Å². The van der Waals surface area contributed by atoms with Crippen LogP contribution in [0.15, 0.2) is 18.2 Å². The van der Waals surface area contributed by atoms with Crippen LogP contribution in [0.4, 0.5) is 11.4 Å². The van der Waals surface area contributed by atoms with E-state index in [1.807, 2.05) is 34.9 Å². The molecule has 2 saturated heterocycles. The van der Waals surface area contributed by atoms with E-state index in [9.17, 15) is 9.59 Å². The molecule has 0 aromatic heterocycles. The molecular weight excluding hydrogens is 314 g/mol. The largest absolute Gasteiger partial charge is 0.376 e. The zero-order chi connectivity index (χ0) is 17.6. The summed E-state index contributed by atoms with van der Waals surface area (Å²) in [5, 5.41) is 3.30. The molecule has 1 aromatic rings. The van der Waals surface area contributed by atoms with Crippen molar-refractivity contribution in [1.29, 1.82) is 0 Å². The predicted octanol–water partition coefficient (Wildman–Crippen LogP) is 3.33. The molecule has 0 spiro atoms. The van der Waals surface area contributed by atoms with Gasteiger partial charge in [-0.1, -0.05) is 25.3 Å². The maximum Gasteiger partial charge on any atom is 0.241 e. The Bertz CT molecular complexity index is 621. The van der Waals surface area contributed by atoms with E-state index >= 15 is 0 Å². The minimum absolute atomic E-state index is 0.170. The lowest BCUT2D eigenvalue weighted by Gasteiger charge is -2.25.